The van der Waals surface area contributed by atoms with Crippen LogP contribution < -0.4 is 0 Å². The summed E-state index contributed by atoms with van der Waals surface area (Å²) in [4.78, 5) is 1.15. The second-order valence-corrected chi connectivity index (χ2v) is 4.33. The van der Waals surface area contributed by atoms with Crippen LogP contribution in [0.5, 0.6) is 0 Å². The molecule has 0 N–H and O–H groups in total. The van der Waals surface area contributed by atoms with Crippen molar-refractivity contribution < 1.29 is 0 Å². The Morgan fingerprint density at radius 2 is 1.94 bits per heavy atom. The molecule has 0 fully saturated rings. The summed E-state index contributed by atoms with van der Waals surface area (Å²) in [6.45, 7) is 0. The van der Waals surface area contributed by atoms with E-state index in [9.17, 15) is 0 Å². The molecule has 2 heterocycles. The molecule has 0 saturated carbocycles. The van der Waals surface area contributed by atoms with Crippen LogP contribution in [-0.4, -0.2) is 9.78 Å². The zero-order chi connectivity index (χ0) is 10.8. The zero-order valence-electron chi connectivity index (χ0n) is 8.50. The van der Waals surface area contributed by atoms with Crippen molar-refractivity contribution >= 4 is 11.3 Å². The molecule has 2 aromatic heterocycles. The molecule has 0 atom stereocenters. The molecule has 1 radical (unpaired) electrons. The van der Waals surface area contributed by atoms with Crippen molar-refractivity contribution in [3.05, 3.63) is 60.1 Å². The van der Waals surface area contributed by atoms with Gasteiger partial charge in [0.2, 0.25) is 0 Å². The van der Waals surface area contributed by atoms with Crippen molar-refractivity contribution in [1.82, 2.24) is 9.78 Å². The van der Waals surface area contributed by atoms with Crippen LogP contribution in [0.3, 0.4) is 0 Å². The van der Waals surface area contributed by atoms with Gasteiger partial charge < -0.3 is 0 Å². The number of benzene rings is 1. The average Bonchev–Trinajstić information content (AvgIpc) is 3.01. The summed E-state index contributed by atoms with van der Waals surface area (Å²) in [7, 11) is 0. The van der Waals surface area contributed by atoms with E-state index in [1.165, 1.54) is 0 Å². The number of thiophene rings is 1. The lowest BCUT2D eigenvalue weighted by atomic mass is 10.3. The van der Waals surface area contributed by atoms with Gasteiger partial charge >= 0.3 is 0 Å². The van der Waals surface area contributed by atoms with Crippen LogP contribution in [0.1, 0.15) is 0 Å². The third-order valence-electron chi connectivity index (χ3n) is 2.31. The summed E-state index contributed by atoms with van der Waals surface area (Å²) in [5.41, 5.74) is 1.96. The zero-order valence-corrected chi connectivity index (χ0v) is 9.32. The number of hydrogen-bond acceptors (Lipinski definition) is 2. The summed E-state index contributed by atoms with van der Waals surface area (Å²) in [5, 5.41) is 6.54. The average molecular weight is 225 g/mol. The maximum atomic E-state index is 4.49. The summed E-state index contributed by atoms with van der Waals surface area (Å²) in [6, 6.07) is 17.3. The predicted octanol–water partition coefficient (Wildman–Crippen LogP) is 3.40. The van der Waals surface area contributed by atoms with E-state index < -0.39 is 0 Å². The van der Waals surface area contributed by atoms with Gasteiger partial charge in [-0.25, -0.2) is 4.68 Å². The fraction of sp³-hybridized carbons (Fsp3) is 0. The lowest BCUT2D eigenvalue weighted by Crippen LogP contribution is -1.93. The Kier molecular flexibility index (Phi) is 2.31. The van der Waals surface area contributed by atoms with E-state index in [1.54, 1.807) is 11.3 Å². The van der Waals surface area contributed by atoms with Crippen LogP contribution in [0.15, 0.2) is 54.0 Å². The highest BCUT2D eigenvalue weighted by Crippen LogP contribution is 2.22. The van der Waals surface area contributed by atoms with Gasteiger partial charge in [0.25, 0.3) is 0 Å². The van der Waals surface area contributed by atoms with Gasteiger partial charge in [0, 0.05) is 12.3 Å². The minimum Gasteiger partial charge on any atom is -0.240 e. The van der Waals surface area contributed by atoms with Crippen LogP contribution in [0.2, 0.25) is 0 Å². The van der Waals surface area contributed by atoms with E-state index in [4.69, 9.17) is 0 Å². The minimum absolute atomic E-state index is 0.902. The Morgan fingerprint density at radius 3 is 2.69 bits per heavy atom. The first-order chi connectivity index (χ1) is 7.93. The van der Waals surface area contributed by atoms with Crippen LogP contribution >= 0.6 is 11.3 Å². The van der Waals surface area contributed by atoms with Gasteiger partial charge in [0.1, 0.15) is 5.69 Å². The molecule has 0 aliphatic rings. The lowest BCUT2D eigenvalue weighted by Gasteiger charge is -1.99. The summed E-state index contributed by atoms with van der Waals surface area (Å²) < 4.78 is 1.84. The van der Waals surface area contributed by atoms with Crippen molar-refractivity contribution in [3.8, 4) is 16.3 Å². The third kappa shape index (κ3) is 1.66. The SMILES string of the molecule is [c]1cn(-c2ccccc2)nc1-c1cccs1. The van der Waals surface area contributed by atoms with Gasteiger partial charge in [-0.05, 0) is 23.6 Å². The predicted molar refractivity (Wildman–Crippen MR) is 65.7 cm³/mol. The standard InChI is InChI=1S/C13H9N2S/c1-2-5-11(6-3-1)15-9-8-12(14-15)13-7-4-10-16-13/h1-7,9-10H. The molecule has 3 aromatic rings. The Morgan fingerprint density at radius 1 is 1.06 bits per heavy atom. The first-order valence-electron chi connectivity index (χ1n) is 5.00. The Bertz CT molecular complexity index is 567. The molecule has 1 aromatic carbocycles. The highest BCUT2D eigenvalue weighted by molar-refractivity contribution is 7.13. The minimum atomic E-state index is 0.902. The van der Waals surface area contributed by atoms with Gasteiger partial charge in [-0.15, -0.1) is 11.3 Å². The molecule has 0 unspecified atom stereocenters. The second kappa shape index (κ2) is 3.94. The Labute approximate surface area is 97.8 Å². The number of rotatable bonds is 2. The molecule has 77 valence electrons. The number of hydrogen-bond donors (Lipinski definition) is 0. The molecule has 0 saturated heterocycles. The van der Waals surface area contributed by atoms with Gasteiger partial charge in [-0.3, -0.25) is 0 Å². The molecule has 3 rings (SSSR count). The van der Waals surface area contributed by atoms with Crippen LogP contribution in [0.25, 0.3) is 16.3 Å². The van der Waals surface area contributed by atoms with Gasteiger partial charge in [0.05, 0.1) is 10.6 Å². The first kappa shape index (κ1) is 9.36. The fourth-order valence-corrected chi connectivity index (χ4v) is 2.21. The molecular formula is C13H9N2S. The van der Waals surface area contributed by atoms with E-state index in [2.05, 4.69) is 17.2 Å². The molecule has 2 nitrogen and oxygen atoms in total. The van der Waals surface area contributed by atoms with Gasteiger partial charge in [0.15, 0.2) is 0 Å². The van der Waals surface area contributed by atoms with E-state index in [-0.39, 0.29) is 0 Å². The highest BCUT2D eigenvalue weighted by Gasteiger charge is 2.04. The fourth-order valence-electron chi connectivity index (χ4n) is 1.53. The van der Waals surface area contributed by atoms with E-state index in [0.29, 0.717) is 0 Å². The molecule has 0 aliphatic heterocycles. The molecule has 0 bridgehead atoms. The molecule has 16 heavy (non-hydrogen) atoms. The Balaban J connectivity index is 2.00. The van der Waals surface area contributed by atoms with Crippen molar-refractivity contribution in [3.63, 3.8) is 0 Å². The van der Waals surface area contributed by atoms with E-state index >= 15 is 0 Å². The normalized spacial score (nSPS) is 10.5. The highest BCUT2D eigenvalue weighted by atomic mass is 32.1. The maximum absolute atomic E-state index is 4.49. The lowest BCUT2D eigenvalue weighted by molar-refractivity contribution is 0.885. The Hall–Kier alpha value is -1.87. The number of aromatic nitrogens is 2. The van der Waals surface area contributed by atoms with Crippen LogP contribution in [-0.2, 0) is 0 Å². The van der Waals surface area contributed by atoms with Crippen LogP contribution in [0, 0.1) is 6.07 Å². The van der Waals surface area contributed by atoms with Crippen LogP contribution in [0.4, 0.5) is 0 Å². The topological polar surface area (TPSA) is 17.8 Å². The van der Waals surface area contributed by atoms with E-state index in [0.717, 1.165) is 16.3 Å². The molecule has 3 heteroatoms. The monoisotopic (exact) mass is 225 g/mol. The summed E-state index contributed by atoms with van der Waals surface area (Å²) >= 11 is 1.68. The van der Waals surface area contributed by atoms with Crippen molar-refractivity contribution in [2.75, 3.05) is 0 Å². The largest absolute Gasteiger partial charge is 0.240 e. The van der Waals surface area contributed by atoms with Crippen molar-refractivity contribution in [2.24, 2.45) is 0 Å². The molecule has 0 spiro atoms. The third-order valence-corrected chi connectivity index (χ3v) is 3.18. The molecule has 0 amide bonds. The van der Waals surface area contributed by atoms with Gasteiger partial charge in [-0.1, -0.05) is 24.3 Å². The number of para-hydroxylation sites is 1. The quantitative estimate of drug-likeness (QED) is 0.653. The summed E-state index contributed by atoms with van der Waals surface area (Å²) in [6.07, 6.45) is 1.87. The van der Waals surface area contributed by atoms with Gasteiger partial charge in [-0.2, -0.15) is 5.10 Å². The molecule has 0 aliphatic carbocycles. The molecular weight excluding hydrogens is 216 g/mol. The summed E-state index contributed by atoms with van der Waals surface area (Å²) in [5.74, 6) is 0. The van der Waals surface area contributed by atoms with Crippen molar-refractivity contribution in [1.29, 1.82) is 0 Å². The maximum Gasteiger partial charge on any atom is 0.111 e. The smallest absolute Gasteiger partial charge is 0.111 e. The van der Waals surface area contributed by atoms with E-state index in [1.807, 2.05) is 52.7 Å². The second-order valence-electron chi connectivity index (χ2n) is 3.38. The first-order valence-corrected chi connectivity index (χ1v) is 5.88. The number of nitrogens with zero attached hydrogens (tertiary/aromatic N) is 2. The van der Waals surface area contributed by atoms with Crippen molar-refractivity contribution in [2.45, 2.75) is 0 Å².